The van der Waals surface area contributed by atoms with Gasteiger partial charge in [0.2, 0.25) is 5.75 Å². The number of methoxy groups -OCH3 is 2. The van der Waals surface area contributed by atoms with E-state index < -0.39 is 6.10 Å². The molecule has 4 nitrogen and oxygen atoms in total. The predicted octanol–water partition coefficient (Wildman–Crippen LogP) is 4.31. The van der Waals surface area contributed by atoms with Crippen LogP contribution in [0.2, 0.25) is 0 Å². The molecule has 2 aromatic rings. The van der Waals surface area contributed by atoms with Crippen molar-refractivity contribution in [3.8, 4) is 23.0 Å². The van der Waals surface area contributed by atoms with Crippen LogP contribution in [0.15, 0.2) is 40.9 Å². The average Bonchev–Trinajstić information content (AvgIpc) is 2.47. The third-order valence-corrected chi connectivity index (χ3v) is 3.71. The van der Waals surface area contributed by atoms with Crippen LogP contribution >= 0.6 is 15.9 Å². The second-order valence-corrected chi connectivity index (χ2v) is 5.31. The highest BCUT2D eigenvalue weighted by atomic mass is 79.9. The number of hydrogen-bond acceptors (Lipinski definition) is 4. The molecule has 21 heavy (non-hydrogen) atoms. The Morgan fingerprint density at radius 3 is 2.14 bits per heavy atom. The average molecular weight is 353 g/mol. The standard InChI is InChI=1S/C16H17BrO4/c1-10(18)12-8-7-11(9-13(12)17)21-16-14(19-2)5-4-6-15(16)20-3/h4-10,18H,1-3H3. The maximum atomic E-state index is 9.64. The van der Waals surface area contributed by atoms with Gasteiger partial charge in [-0.05, 0) is 36.8 Å². The lowest BCUT2D eigenvalue weighted by molar-refractivity contribution is 0.198. The third kappa shape index (κ3) is 3.49. The lowest BCUT2D eigenvalue weighted by atomic mass is 10.1. The van der Waals surface area contributed by atoms with Crippen LogP contribution in [0, 0.1) is 0 Å². The van der Waals surface area contributed by atoms with Crippen LogP contribution in [-0.2, 0) is 0 Å². The number of aliphatic hydroxyl groups excluding tert-OH is 1. The first-order valence-electron chi connectivity index (χ1n) is 6.43. The normalized spacial score (nSPS) is 11.9. The number of halogens is 1. The lowest BCUT2D eigenvalue weighted by Crippen LogP contribution is -1.96. The molecule has 0 aliphatic carbocycles. The largest absolute Gasteiger partial charge is 0.493 e. The van der Waals surface area contributed by atoms with Gasteiger partial charge in [0, 0.05) is 4.47 Å². The molecule has 5 heteroatoms. The number of aliphatic hydroxyl groups is 1. The molecule has 0 heterocycles. The van der Waals surface area contributed by atoms with Crippen LogP contribution < -0.4 is 14.2 Å². The van der Waals surface area contributed by atoms with E-state index in [0.29, 0.717) is 23.0 Å². The maximum Gasteiger partial charge on any atom is 0.210 e. The van der Waals surface area contributed by atoms with E-state index in [4.69, 9.17) is 14.2 Å². The van der Waals surface area contributed by atoms with Crippen molar-refractivity contribution in [2.45, 2.75) is 13.0 Å². The van der Waals surface area contributed by atoms with Gasteiger partial charge < -0.3 is 19.3 Å². The van der Waals surface area contributed by atoms with E-state index in [0.717, 1.165) is 10.0 Å². The summed E-state index contributed by atoms with van der Waals surface area (Å²) < 4.78 is 17.2. The summed E-state index contributed by atoms with van der Waals surface area (Å²) in [5.41, 5.74) is 0.800. The van der Waals surface area contributed by atoms with Crippen molar-refractivity contribution < 1.29 is 19.3 Å². The Bertz CT molecular complexity index is 603. The van der Waals surface area contributed by atoms with E-state index in [1.54, 1.807) is 45.4 Å². The zero-order valence-corrected chi connectivity index (χ0v) is 13.7. The molecule has 0 aliphatic heterocycles. The second-order valence-electron chi connectivity index (χ2n) is 4.45. The van der Waals surface area contributed by atoms with Crippen LogP contribution in [0.1, 0.15) is 18.6 Å². The summed E-state index contributed by atoms with van der Waals surface area (Å²) in [6.45, 7) is 1.71. The van der Waals surface area contributed by atoms with Gasteiger partial charge in [0.15, 0.2) is 11.5 Å². The fourth-order valence-corrected chi connectivity index (χ4v) is 2.63. The van der Waals surface area contributed by atoms with E-state index >= 15 is 0 Å². The Balaban J connectivity index is 2.36. The number of rotatable bonds is 5. The van der Waals surface area contributed by atoms with E-state index in [1.807, 2.05) is 12.1 Å². The highest BCUT2D eigenvalue weighted by Crippen LogP contribution is 2.40. The molecule has 0 aromatic heterocycles. The van der Waals surface area contributed by atoms with Crippen LogP contribution in [-0.4, -0.2) is 19.3 Å². The quantitative estimate of drug-likeness (QED) is 0.870. The molecule has 0 amide bonds. The summed E-state index contributed by atoms with van der Waals surface area (Å²) >= 11 is 3.43. The summed E-state index contributed by atoms with van der Waals surface area (Å²) in [7, 11) is 3.15. The highest BCUT2D eigenvalue weighted by molar-refractivity contribution is 9.10. The van der Waals surface area contributed by atoms with Crippen molar-refractivity contribution in [2.24, 2.45) is 0 Å². The van der Waals surface area contributed by atoms with Gasteiger partial charge in [-0.1, -0.05) is 28.1 Å². The summed E-state index contributed by atoms with van der Waals surface area (Å²) in [6, 6.07) is 10.8. The van der Waals surface area contributed by atoms with E-state index in [2.05, 4.69) is 15.9 Å². The minimum atomic E-state index is -0.547. The SMILES string of the molecule is COc1cccc(OC)c1Oc1ccc(C(C)O)c(Br)c1. The predicted molar refractivity (Wildman–Crippen MR) is 84.4 cm³/mol. The van der Waals surface area contributed by atoms with Crippen molar-refractivity contribution in [3.63, 3.8) is 0 Å². The molecule has 0 spiro atoms. The van der Waals surface area contributed by atoms with E-state index in [-0.39, 0.29) is 0 Å². The molecule has 112 valence electrons. The van der Waals surface area contributed by atoms with E-state index in [1.165, 1.54) is 0 Å². The van der Waals surface area contributed by atoms with Crippen molar-refractivity contribution in [1.29, 1.82) is 0 Å². The molecule has 0 saturated carbocycles. The van der Waals surface area contributed by atoms with Crippen molar-refractivity contribution in [3.05, 3.63) is 46.4 Å². The Morgan fingerprint density at radius 1 is 1.05 bits per heavy atom. The highest BCUT2D eigenvalue weighted by Gasteiger charge is 2.14. The molecule has 1 atom stereocenters. The molecule has 0 fully saturated rings. The fraction of sp³-hybridized carbons (Fsp3) is 0.250. The first-order chi connectivity index (χ1) is 10.1. The summed E-state index contributed by atoms with van der Waals surface area (Å²) in [5.74, 6) is 2.31. The van der Waals surface area contributed by atoms with E-state index in [9.17, 15) is 5.11 Å². The van der Waals surface area contributed by atoms with Gasteiger partial charge >= 0.3 is 0 Å². The van der Waals surface area contributed by atoms with Gasteiger partial charge in [-0.3, -0.25) is 0 Å². The molecule has 0 bridgehead atoms. The summed E-state index contributed by atoms with van der Waals surface area (Å²) in [4.78, 5) is 0. The number of benzene rings is 2. The molecule has 1 unspecified atom stereocenters. The first-order valence-corrected chi connectivity index (χ1v) is 7.22. The van der Waals surface area contributed by atoms with Gasteiger partial charge in [-0.15, -0.1) is 0 Å². The monoisotopic (exact) mass is 352 g/mol. The Labute approximate surface area is 132 Å². The minimum Gasteiger partial charge on any atom is -0.493 e. The van der Waals surface area contributed by atoms with Crippen LogP contribution in [0.5, 0.6) is 23.0 Å². The zero-order valence-electron chi connectivity index (χ0n) is 12.1. The smallest absolute Gasteiger partial charge is 0.210 e. The topological polar surface area (TPSA) is 47.9 Å². The fourth-order valence-electron chi connectivity index (χ4n) is 1.95. The Kier molecular flexibility index (Phi) is 5.09. The van der Waals surface area contributed by atoms with Gasteiger partial charge in [-0.25, -0.2) is 0 Å². The molecular weight excluding hydrogens is 336 g/mol. The van der Waals surface area contributed by atoms with Crippen molar-refractivity contribution in [1.82, 2.24) is 0 Å². The first kappa shape index (κ1) is 15.7. The molecule has 2 rings (SSSR count). The van der Waals surface area contributed by atoms with Crippen LogP contribution in [0.4, 0.5) is 0 Å². The van der Waals surface area contributed by atoms with Crippen LogP contribution in [0.25, 0.3) is 0 Å². The van der Waals surface area contributed by atoms with Crippen LogP contribution in [0.3, 0.4) is 0 Å². The Morgan fingerprint density at radius 2 is 1.67 bits per heavy atom. The molecule has 2 aromatic carbocycles. The van der Waals surface area contributed by atoms with Gasteiger partial charge in [0.25, 0.3) is 0 Å². The molecule has 0 saturated heterocycles. The molecule has 0 radical (unpaired) electrons. The van der Waals surface area contributed by atoms with Gasteiger partial charge in [0.1, 0.15) is 5.75 Å². The summed E-state index contributed by atoms with van der Waals surface area (Å²) in [6.07, 6.45) is -0.547. The lowest BCUT2D eigenvalue weighted by Gasteiger charge is -2.15. The second kappa shape index (κ2) is 6.83. The Hall–Kier alpha value is -1.72. The zero-order chi connectivity index (χ0) is 15.4. The third-order valence-electron chi connectivity index (χ3n) is 3.02. The number of para-hydroxylation sites is 1. The van der Waals surface area contributed by atoms with Gasteiger partial charge in [-0.2, -0.15) is 0 Å². The maximum absolute atomic E-state index is 9.64. The molecule has 0 aliphatic rings. The minimum absolute atomic E-state index is 0.513. The molecular formula is C16H17BrO4. The number of hydrogen-bond donors (Lipinski definition) is 1. The van der Waals surface area contributed by atoms with Crippen molar-refractivity contribution >= 4 is 15.9 Å². The van der Waals surface area contributed by atoms with Gasteiger partial charge in [0.05, 0.1) is 20.3 Å². The van der Waals surface area contributed by atoms with Crippen molar-refractivity contribution in [2.75, 3.05) is 14.2 Å². The molecule has 1 N–H and O–H groups in total. The summed E-state index contributed by atoms with van der Waals surface area (Å²) in [5, 5.41) is 9.64. The number of ether oxygens (including phenoxy) is 3.